The summed E-state index contributed by atoms with van der Waals surface area (Å²) in [5.74, 6) is 0. The summed E-state index contributed by atoms with van der Waals surface area (Å²) in [6, 6.07) is 8.22. The average molecular weight is 206 g/mol. The van der Waals surface area contributed by atoms with Gasteiger partial charge in [-0.25, -0.2) is 0 Å². The Morgan fingerprint density at radius 3 is 2.07 bits per heavy atom. The van der Waals surface area contributed by atoms with E-state index in [1.54, 1.807) is 0 Å². The van der Waals surface area contributed by atoms with Crippen molar-refractivity contribution in [3.05, 3.63) is 34.7 Å². The van der Waals surface area contributed by atoms with E-state index in [4.69, 9.17) is 0 Å². The largest absolute Gasteiger partial charge is 0.0912 e. The van der Waals surface area contributed by atoms with Gasteiger partial charge in [0, 0.05) is 0 Å². The summed E-state index contributed by atoms with van der Waals surface area (Å²) in [7, 11) is 0. The maximum Gasteiger partial charge on any atom is -0.0230 e. The van der Waals surface area contributed by atoms with Crippen LogP contribution in [-0.2, 0) is 0 Å². The first-order chi connectivity index (χ1) is 7.34. The third kappa shape index (κ3) is 7.99. The molecule has 0 aromatic heterocycles. The SMILES string of the molecule is C=c1cccc/c1=C/CCC.CC.CC. The molecule has 0 saturated carbocycles. The minimum atomic E-state index is 1.13. The summed E-state index contributed by atoms with van der Waals surface area (Å²) < 4.78 is 0. The molecule has 0 aliphatic carbocycles. The van der Waals surface area contributed by atoms with E-state index >= 15 is 0 Å². The first kappa shape index (κ1) is 16.4. The van der Waals surface area contributed by atoms with Crippen molar-refractivity contribution >= 4 is 12.7 Å². The number of hydrogen-bond acceptors (Lipinski definition) is 0. The highest BCUT2D eigenvalue weighted by atomic mass is 13.8. The van der Waals surface area contributed by atoms with Crippen LogP contribution in [0.4, 0.5) is 0 Å². The van der Waals surface area contributed by atoms with Gasteiger partial charge in [0.1, 0.15) is 0 Å². The summed E-state index contributed by atoms with van der Waals surface area (Å²) in [5, 5.41) is 2.40. The monoisotopic (exact) mass is 206 g/mol. The summed E-state index contributed by atoms with van der Waals surface area (Å²) in [6.07, 6.45) is 4.59. The first-order valence-corrected chi connectivity index (χ1v) is 6.08. The van der Waals surface area contributed by atoms with Crippen LogP contribution in [-0.4, -0.2) is 0 Å². The van der Waals surface area contributed by atoms with Crippen LogP contribution < -0.4 is 10.4 Å². The fraction of sp³-hybridized carbons (Fsp3) is 0.467. The van der Waals surface area contributed by atoms with Crippen molar-refractivity contribution < 1.29 is 0 Å². The van der Waals surface area contributed by atoms with E-state index < -0.39 is 0 Å². The first-order valence-electron chi connectivity index (χ1n) is 6.08. The molecule has 0 radical (unpaired) electrons. The number of hydrogen-bond donors (Lipinski definition) is 0. The molecule has 1 rings (SSSR count). The molecule has 0 N–H and O–H groups in total. The molecule has 0 aliphatic heterocycles. The second-order valence-electron chi connectivity index (χ2n) is 2.69. The predicted molar refractivity (Wildman–Crippen MR) is 73.3 cm³/mol. The van der Waals surface area contributed by atoms with Gasteiger partial charge in [-0.15, -0.1) is 0 Å². The van der Waals surface area contributed by atoms with Crippen molar-refractivity contribution in [2.75, 3.05) is 0 Å². The van der Waals surface area contributed by atoms with Gasteiger partial charge < -0.3 is 0 Å². The Bertz CT molecular complexity index is 309. The van der Waals surface area contributed by atoms with Crippen LogP contribution >= 0.6 is 0 Å². The lowest BCUT2D eigenvalue weighted by Gasteiger charge is -1.87. The van der Waals surface area contributed by atoms with Crippen LogP contribution in [0.2, 0.25) is 0 Å². The van der Waals surface area contributed by atoms with E-state index in [1.807, 2.05) is 39.8 Å². The molecule has 1 aromatic rings. The minimum absolute atomic E-state index is 1.13. The van der Waals surface area contributed by atoms with E-state index in [1.165, 1.54) is 11.6 Å². The van der Waals surface area contributed by atoms with Gasteiger partial charge in [0.05, 0.1) is 0 Å². The van der Waals surface area contributed by atoms with Gasteiger partial charge in [0.2, 0.25) is 0 Å². The molecule has 0 bridgehead atoms. The Kier molecular flexibility index (Phi) is 14.2. The summed E-state index contributed by atoms with van der Waals surface area (Å²) in [5.41, 5.74) is 0. The molecule has 86 valence electrons. The van der Waals surface area contributed by atoms with Gasteiger partial charge in [0.15, 0.2) is 0 Å². The van der Waals surface area contributed by atoms with Crippen LogP contribution in [0.3, 0.4) is 0 Å². The highest BCUT2D eigenvalue weighted by molar-refractivity contribution is 5.25. The quantitative estimate of drug-likeness (QED) is 0.691. The third-order valence-electron chi connectivity index (χ3n) is 1.71. The van der Waals surface area contributed by atoms with E-state index in [0.717, 1.165) is 11.6 Å². The second-order valence-corrected chi connectivity index (χ2v) is 2.69. The number of benzene rings is 1. The Morgan fingerprint density at radius 2 is 1.60 bits per heavy atom. The Balaban J connectivity index is 0. The smallest absolute Gasteiger partial charge is 0.0230 e. The Morgan fingerprint density at radius 1 is 1.07 bits per heavy atom. The van der Waals surface area contributed by atoms with E-state index in [9.17, 15) is 0 Å². The normalized spacial score (nSPS) is 9.53. The molecule has 0 fully saturated rings. The number of unbranched alkanes of at least 4 members (excludes halogenated alkanes) is 1. The molecule has 15 heavy (non-hydrogen) atoms. The lowest BCUT2D eigenvalue weighted by Crippen LogP contribution is -2.21. The van der Waals surface area contributed by atoms with Crippen molar-refractivity contribution in [2.24, 2.45) is 0 Å². The highest BCUT2D eigenvalue weighted by Gasteiger charge is 1.79. The molecule has 0 amide bonds. The van der Waals surface area contributed by atoms with Gasteiger partial charge >= 0.3 is 0 Å². The molecule has 0 atom stereocenters. The standard InChI is InChI=1S/C11H14.2C2H6/c1-3-4-8-11-9-6-5-7-10(11)2;2*1-2/h5-9H,2-4H2,1H3;2*1-2H3/b11-8-;;. The molecule has 0 aliphatic rings. The summed E-state index contributed by atoms with van der Waals surface area (Å²) in [4.78, 5) is 0. The number of rotatable bonds is 2. The fourth-order valence-corrected chi connectivity index (χ4v) is 1.03. The molecule has 0 unspecified atom stereocenters. The van der Waals surface area contributed by atoms with E-state index in [2.05, 4.69) is 31.7 Å². The molecular formula is C15H26. The predicted octanol–water partition coefficient (Wildman–Crippen LogP) is 3.73. The molecule has 0 saturated heterocycles. The van der Waals surface area contributed by atoms with Crippen molar-refractivity contribution in [1.82, 2.24) is 0 Å². The lowest BCUT2D eigenvalue weighted by atomic mass is 10.2. The zero-order chi connectivity index (χ0) is 12.1. The van der Waals surface area contributed by atoms with Crippen molar-refractivity contribution in [1.29, 1.82) is 0 Å². The minimum Gasteiger partial charge on any atom is -0.0912 e. The topological polar surface area (TPSA) is 0 Å². The van der Waals surface area contributed by atoms with Gasteiger partial charge in [0.25, 0.3) is 0 Å². The van der Waals surface area contributed by atoms with Crippen molar-refractivity contribution in [3.8, 4) is 0 Å². The van der Waals surface area contributed by atoms with Crippen molar-refractivity contribution in [2.45, 2.75) is 47.5 Å². The highest BCUT2D eigenvalue weighted by Crippen LogP contribution is 1.85. The fourth-order valence-electron chi connectivity index (χ4n) is 1.03. The molecule has 0 spiro atoms. The van der Waals surface area contributed by atoms with Crippen LogP contribution in [0, 0.1) is 0 Å². The average Bonchev–Trinajstić information content (AvgIpc) is 2.33. The molecule has 0 nitrogen and oxygen atoms in total. The zero-order valence-electron chi connectivity index (χ0n) is 11.0. The lowest BCUT2D eigenvalue weighted by molar-refractivity contribution is 0.991. The maximum absolute atomic E-state index is 3.94. The van der Waals surface area contributed by atoms with Crippen LogP contribution in [0.5, 0.6) is 0 Å². The van der Waals surface area contributed by atoms with E-state index in [-0.39, 0.29) is 0 Å². The van der Waals surface area contributed by atoms with Gasteiger partial charge in [-0.3, -0.25) is 0 Å². The molecule has 0 heterocycles. The van der Waals surface area contributed by atoms with E-state index in [0.29, 0.717) is 0 Å². The summed E-state index contributed by atoms with van der Waals surface area (Å²) in [6.45, 7) is 14.1. The second kappa shape index (κ2) is 13.0. The van der Waals surface area contributed by atoms with Gasteiger partial charge in [-0.1, -0.05) is 78.0 Å². The Hall–Kier alpha value is -1.04. The van der Waals surface area contributed by atoms with Crippen molar-refractivity contribution in [3.63, 3.8) is 0 Å². The van der Waals surface area contributed by atoms with Gasteiger partial charge in [-0.05, 0) is 16.9 Å². The van der Waals surface area contributed by atoms with Crippen LogP contribution in [0.25, 0.3) is 12.7 Å². The zero-order valence-corrected chi connectivity index (χ0v) is 11.0. The summed E-state index contributed by atoms with van der Waals surface area (Å²) >= 11 is 0. The van der Waals surface area contributed by atoms with Gasteiger partial charge in [-0.2, -0.15) is 0 Å². The molecule has 0 heteroatoms. The molecule has 1 aromatic carbocycles. The van der Waals surface area contributed by atoms with Crippen LogP contribution in [0.15, 0.2) is 24.3 Å². The maximum atomic E-state index is 3.94. The third-order valence-corrected chi connectivity index (χ3v) is 1.71. The Labute approximate surface area is 95.3 Å². The van der Waals surface area contributed by atoms with Crippen LogP contribution in [0.1, 0.15) is 47.5 Å². The molecular weight excluding hydrogens is 180 g/mol.